The highest BCUT2D eigenvalue weighted by atomic mass is 16.5. The van der Waals surface area contributed by atoms with Crippen molar-refractivity contribution < 1.29 is 9.53 Å². The zero-order valence-corrected chi connectivity index (χ0v) is 13.7. The average Bonchev–Trinajstić information content (AvgIpc) is 3.13. The Labute approximate surface area is 135 Å². The summed E-state index contributed by atoms with van der Waals surface area (Å²) in [5.41, 5.74) is 2.89. The molecule has 0 saturated carbocycles. The van der Waals surface area contributed by atoms with Crippen LogP contribution in [0.1, 0.15) is 42.4 Å². The largest absolute Gasteiger partial charge is 0.371 e. The van der Waals surface area contributed by atoms with E-state index in [0.717, 1.165) is 23.4 Å². The Bertz CT molecular complexity index is 683. The van der Waals surface area contributed by atoms with Crippen molar-refractivity contribution in [3.63, 3.8) is 0 Å². The first kappa shape index (κ1) is 15.7. The second-order valence-corrected chi connectivity index (χ2v) is 6.03. The Hall–Kier alpha value is -2.21. The van der Waals surface area contributed by atoms with Crippen LogP contribution in [0.3, 0.4) is 0 Å². The molecule has 1 aliphatic heterocycles. The summed E-state index contributed by atoms with van der Waals surface area (Å²) in [5.74, 6) is -0.0411. The van der Waals surface area contributed by atoms with E-state index in [1.54, 1.807) is 17.1 Å². The van der Waals surface area contributed by atoms with E-state index < -0.39 is 0 Å². The highest BCUT2D eigenvalue weighted by Gasteiger charge is 2.32. The zero-order chi connectivity index (χ0) is 16.4. The molecule has 6 heteroatoms. The highest BCUT2D eigenvalue weighted by molar-refractivity contribution is 5.80. The molecule has 3 atom stereocenters. The van der Waals surface area contributed by atoms with Crippen molar-refractivity contribution >= 4 is 5.91 Å². The first-order valence-corrected chi connectivity index (χ1v) is 7.91. The minimum absolute atomic E-state index is 0.0360. The Morgan fingerprint density at radius 2 is 2.30 bits per heavy atom. The fourth-order valence-corrected chi connectivity index (χ4v) is 3.06. The summed E-state index contributed by atoms with van der Waals surface area (Å²) >= 11 is 0. The van der Waals surface area contributed by atoms with E-state index in [1.807, 2.05) is 39.0 Å². The molecule has 0 spiro atoms. The second kappa shape index (κ2) is 6.50. The number of aromatic nitrogens is 3. The quantitative estimate of drug-likeness (QED) is 0.938. The van der Waals surface area contributed by atoms with Crippen LogP contribution in [-0.4, -0.2) is 33.3 Å². The lowest BCUT2D eigenvalue weighted by Crippen LogP contribution is -2.40. The van der Waals surface area contributed by atoms with Gasteiger partial charge in [-0.3, -0.25) is 14.5 Å². The molecule has 0 aromatic carbocycles. The molecule has 1 unspecified atom stereocenters. The molecule has 3 heterocycles. The first-order chi connectivity index (χ1) is 11.1. The molecule has 1 fully saturated rings. The SMILES string of the molecule is Cc1cc(C)n(C(C)C(=O)N[C@@H]2CCO[C@H]2c2cccnc2)n1. The number of nitrogens with one attached hydrogen (secondary N) is 1. The van der Waals surface area contributed by atoms with E-state index in [9.17, 15) is 4.79 Å². The summed E-state index contributed by atoms with van der Waals surface area (Å²) < 4.78 is 7.55. The van der Waals surface area contributed by atoms with E-state index in [4.69, 9.17) is 4.74 Å². The second-order valence-electron chi connectivity index (χ2n) is 6.03. The Morgan fingerprint density at radius 3 is 2.96 bits per heavy atom. The van der Waals surface area contributed by atoms with Gasteiger partial charge < -0.3 is 10.1 Å². The number of ether oxygens (including phenoxy) is 1. The van der Waals surface area contributed by atoms with Crippen LogP contribution in [0.25, 0.3) is 0 Å². The van der Waals surface area contributed by atoms with Gasteiger partial charge in [-0.15, -0.1) is 0 Å². The van der Waals surface area contributed by atoms with E-state index >= 15 is 0 Å². The molecular formula is C17H22N4O2. The zero-order valence-electron chi connectivity index (χ0n) is 13.7. The monoisotopic (exact) mass is 314 g/mol. The third-order valence-corrected chi connectivity index (χ3v) is 4.22. The number of rotatable bonds is 4. The van der Waals surface area contributed by atoms with Crippen LogP contribution in [-0.2, 0) is 9.53 Å². The van der Waals surface area contributed by atoms with E-state index in [0.29, 0.717) is 6.61 Å². The third-order valence-electron chi connectivity index (χ3n) is 4.22. The van der Waals surface area contributed by atoms with Crippen molar-refractivity contribution in [3.8, 4) is 0 Å². The topological polar surface area (TPSA) is 69.0 Å². The Balaban J connectivity index is 1.70. The number of hydrogen-bond donors (Lipinski definition) is 1. The number of aryl methyl sites for hydroxylation is 2. The Morgan fingerprint density at radius 1 is 1.48 bits per heavy atom. The summed E-state index contributed by atoms with van der Waals surface area (Å²) in [6, 6.07) is 5.45. The van der Waals surface area contributed by atoms with Crippen LogP contribution in [0.5, 0.6) is 0 Å². The molecule has 1 N–H and O–H groups in total. The van der Waals surface area contributed by atoms with E-state index in [1.165, 1.54) is 0 Å². The number of carbonyl (C=O) groups excluding carboxylic acids is 1. The molecule has 2 aromatic rings. The molecule has 2 aromatic heterocycles. The lowest BCUT2D eigenvalue weighted by molar-refractivity contribution is -0.125. The fraction of sp³-hybridized carbons (Fsp3) is 0.471. The molecule has 1 aliphatic rings. The van der Waals surface area contributed by atoms with Crippen LogP contribution in [0.15, 0.2) is 30.6 Å². The lowest BCUT2D eigenvalue weighted by atomic mass is 10.0. The molecule has 1 amide bonds. The molecule has 23 heavy (non-hydrogen) atoms. The van der Waals surface area contributed by atoms with Gasteiger partial charge in [-0.25, -0.2) is 0 Å². The fourth-order valence-electron chi connectivity index (χ4n) is 3.06. The maximum atomic E-state index is 12.6. The van der Waals surface area contributed by atoms with Crippen LogP contribution < -0.4 is 5.32 Å². The van der Waals surface area contributed by atoms with Crippen LogP contribution in [0.2, 0.25) is 0 Å². The van der Waals surface area contributed by atoms with Crippen molar-refractivity contribution in [2.75, 3.05) is 6.61 Å². The number of amides is 1. The standard InChI is InChI=1S/C17H22N4O2/c1-11-9-12(2)21(20-11)13(3)17(22)19-15-6-8-23-16(15)14-5-4-7-18-10-14/h4-5,7,9-10,13,15-16H,6,8H2,1-3H3,(H,19,22)/t13?,15-,16+/m1/s1. The maximum absolute atomic E-state index is 12.6. The van der Waals surface area contributed by atoms with E-state index in [-0.39, 0.29) is 24.1 Å². The Kier molecular flexibility index (Phi) is 4.43. The van der Waals surface area contributed by atoms with Crippen LogP contribution in [0, 0.1) is 13.8 Å². The van der Waals surface area contributed by atoms with Gasteiger partial charge in [0.05, 0.1) is 11.7 Å². The molecule has 6 nitrogen and oxygen atoms in total. The lowest BCUT2D eigenvalue weighted by Gasteiger charge is -2.22. The molecule has 1 saturated heterocycles. The normalized spacial score (nSPS) is 22.0. The van der Waals surface area contributed by atoms with Crippen molar-refractivity contribution in [2.24, 2.45) is 0 Å². The van der Waals surface area contributed by atoms with Crippen LogP contribution >= 0.6 is 0 Å². The summed E-state index contributed by atoms with van der Waals surface area (Å²) in [7, 11) is 0. The van der Waals surface area contributed by atoms with Gasteiger partial charge in [-0.05, 0) is 39.3 Å². The summed E-state index contributed by atoms with van der Waals surface area (Å²) in [6.07, 6.45) is 4.19. The van der Waals surface area contributed by atoms with Gasteiger partial charge in [-0.1, -0.05) is 6.07 Å². The smallest absolute Gasteiger partial charge is 0.244 e. The van der Waals surface area contributed by atoms with Gasteiger partial charge in [0, 0.05) is 30.3 Å². The van der Waals surface area contributed by atoms with Crippen molar-refractivity contribution in [3.05, 3.63) is 47.5 Å². The highest BCUT2D eigenvalue weighted by Crippen LogP contribution is 2.29. The van der Waals surface area contributed by atoms with Gasteiger partial charge in [0.1, 0.15) is 12.1 Å². The summed E-state index contributed by atoms with van der Waals surface area (Å²) in [5, 5.41) is 7.51. The molecule has 0 aliphatic carbocycles. The number of pyridine rings is 1. The molecular weight excluding hydrogens is 292 g/mol. The van der Waals surface area contributed by atoms with Gasteiger partial charge >= 0.3 is 0 Å². The summed E-state index contributed by atoms with van der Waals surface area (Å²) in [6.45, 7) is 6.39. The van der Waals surface area contributed by atoms with Gasteiger partial charge in [0.15, 0.2) is 0 Å². The summed E-state index contributed by atoms with van der Waals surface area (Å²) in [4.78, 5) is 16.7. The minimum Gasteiger partial charge on any atom is -0.371 e. The minimum atomic E-state index is -0.348. The molecule has 0 radical (unpaired) electrons. The van der Waals surface area contributed by atoms with Crippen molar-refractivity contribution in [1.82, 2.24) is 20.1 Å². The van der Waals surface area contributed by atoms with E-state index in [2.05, 4.69) is 15.4 Å². The molecule has 0 bridgehead atoms. The van der Waals surface area contributed by atoms with Crippen LogP contribution in [0.4, 0.5) is 0 Å². The molecule has 122 valence electrons. The average molecular weight is 314 g/mol. The predicted octanol–water partition coefficient (Wildman–Crippen LogP) is 2.10. The molecule has 3 rings (SSSR count). The van der Waals surface area contributed by atoms with Crippen molar-refractivity contribution in [1.29, 1.82) is 0 Å². The van der Waals surface area contributed by atoms with Gasteiger partial charge in [0.25, 0.3) is 0 Å². The van der Waals surface area contributed by atoms with Gasteiger partial charge in [0.2, 0.25) is 5.91 Å². The van der Waals surface area contributed by atoms with Gasteiger partial charge in [-0.2, -0.15) is 5.10 Å². The predicted molar refractivity (Wildman–Crippen MR) is 85.9 cm³/mol. The number of nitrogens with zero attached hydrogens (tertiary/aromatic N) is 3. The number of carbonyl (C=O) groups is 1. The first-order valence-electron chi connectivity index (χ1n) is 7.91. The maximum Gasteiger partial charge on any atom is 0.244 e. The number of hydrogen-bond acceptors (Lipinski definition) is 4. The van der Waals surface area contributed by atoms with Crippen molar-refractivity contribution in [2.45, 2.75) is 45.4 Å². The third kappa shape index (κ3) is 3.27.